The van der Waals surface area contributed by atoms with Gasteiger partial charge in [-0.1, -0.05) is 6.07 Å². The number of pyridine rings is 1. The molecule has 0 amide bonds. The van der Waals surface area contributed by atoms with Crippen molar-refractivity contribution in [3.05, 3.63) is 23.9 Å². The average Bonchev–Trinajstić information content (AvgIpc) is 2.32. The molecule has 0 aliphatic heterocycles. The fourth-order valence-corrected chi connectivity index (χ4v) is 2.07. The first-order chi connectivity index (χ1) is 8.35. The Morgan fingerprint density at radius 3 is 2.88 bits per heavy atom. The molecule has 0 radical (unpaired) electrons. The zero-order valence-corrected chi connectivity index (χ0v) is 9.84. The van der Waals surface area contributed by atoms with Crippen LogP contribution >= 0.6 is 0 Å². The number of aromatic nitrogens is 1. The molecule has 4 heteroatoms. The molecule has 0 bridgehead atoms. The summed E-state index contributed by atoms with van der Waals surface area (Å²) in [5.41, 5.74) is 0.454. The summed E-state index contributed by atoms with van der Waals surface area (Å²) in [6.07, 6.45) is 4.38. The predicted octanol–water partition coefficient (Wildman–Crippen LogP) is 1.69. The maximum absolute atomic E-state index is 8.94. The first-order valence-corrected chi connectivity index (χ1v) is 6.10. The van der Waals surface area contributed by atoms with Crippen molar-refractivity contribution in [2.75, 3.05) is 18.1 Å². The minimum Gasteiger partial charge on any atom is -0.396 e. The molecule has 1 aromatic rings. The van der Waals surface area contributed by atoms with Gasteiger partial charge in [-0.3, -0.25) is 0 Å². The van der Waals surface area contributed by atoms with E-state index in [1.54, 1.807) is 6.07 Å². The molecule has 1 aliphatic rings. The largest absolute Gasteiger partial charge is 0.396 e. The van der Waals surface area contributed by atoms with Gasteiger partial charge in [0.25, 0.3) is 0 Å². The van der Waals surface area contributed by atoms with Crippen LogP contribution in [0.4, 0.5) is 5.82 Å². The van der Waals surface area contributed by atoms with E-state index in [4.69, 9.17) is 10.4 Å². The molecule has 0 aromatic carbocycles. The predicted molar refractivity (Wildman–Crippen MR) is 65.6 cm³/mol. The van der Waals surface area contributed by atoms with Crippen LogP contribution in [0.5, 0.6) is 0 Å². The Balaban J connectivity index is 2.15. The molecule has 17 heavy (non-hydrogen) atoms. The zero-order chi connectivity index (χ0) is 12.1. The van der Waals surface area contributed by atoms with Crippen LogP contribution in [0.2, 0.25) is 0 Å². The van der Waals surface area contributed by atoms with Crippen molar-refractivity contribution in [3.8, 4) is 6.07 Å². The van der Waals surface area contributed by atoms with Gasteiger partial charge in [-0.2, -0.15) is 5.26 Å². The normalized spacial score (nSPS) is 15.1. The first-order valence-electron chi connectivity index (χ1n) is 6.10. The highest BCUT2D eigenvalue weighted by molar-refractivity contribution is 5.43. The van der Waals surface area contributed by atoms with E-state index < -0.39 is 0 Å². The number of anilines is 1. The molecule has 1 N–H and O–H groups in total. The van der Waals surface area contributed by atoms with Gasteiger partial charge in [0.15, 0.2) is 0 Å². The van der Waals surface area contributed by atoms with Crippen molar-refractivity contribution < 1.29 is 5.11 Å². The lowest BCUT2D eigenvalue weighted by Crippen LogP contribution is -2.41. The molecule has 2 rings (SSSR count). The number of aliphatic hydroxyl groups is 1. The highest BCUT2D eigenvalue weighted by atomic mass is 16.3. The molecule has 4 nitrogen and oxygen atoms in total. The summed E-state index contributed by atoms with van der Waals surface area (Å²) < 4.78 is 0. The number of hydrogen-bond acceptors (Lipinski definition) is 4. The fraction of sp³-hybridized carbons (Fsp3) is 0.538. The van der Waals surface area contributed by atoms with Crippen molar-refractivity contribution in [1.29, 1.82) is 5.26 Å². The summed E-state index contributed by atoms with van der Waals surface area (Å²) in [4.78, 5) is 6.55. The van der Waals surface area contributed by atoms with Crippen LogP contribution in [0.1, 0.15) is 31.4 Å². The van der Waals surface area contributed by atoms with E-state index in [0.717, 1.165) is 18.8 Å². The van der Waals surface area contributed by atoms with Gasteiger partial charge in [-0.05, 0) is 37.8 Å². The Hall–Kier alpha value is -1.60. The molecule has 1 aliphatic carbocycles. The molecule has 1 saturated carbocycles. The number of rotatable bonds is 5. The first kappa shape index (κ1) is 11.9. The Morgan fingerprint density at radius 2 is 2.29 bits per heavy atom. The second-order valence-corrected chi connectivity index (χ2v) is 4.35. The second kappa shape index (κ2) is 5.65. The molecular formula is C13H17N3O. The number of nitriles is 1. The minimum absolute atomic E-state index is 0.196. The third kappa shape index (κ3) is 2.75. The molecule has 0 spiro atoms. The van der Waals surface area contributed by atoms with Gasteiger partial charge in [0.2, 0.25) is 0 Å². The fourth-order valence-electron chi connectivity index (χ4n) is 2.07. The van der Waals surface area contributed by atoms with E-state index in [2.05, 4.69) is 16.0 Å². The third-order valence-corrected chi connectivity index (χ3v) is 3.22. The van der Waals surface area contributed by atoms with Crippen LogP contribution in [-0.4, -0.2) is 29.3 Å². The Labute approximate surface area is 102 Å². The number of aliphatic hydroxyl groups excluding tert-OH is 1. The maximum Gasteiger partial charge on any atom is 0.142 e. The molecule has 90 valence electrons. The van der Waals surface area contributed by atoms with Crippen LogP contribution in [0.25, 0.3) is 0 Å². The standard InChI is InChI=1S/C13H17N3O/c14-10-11-4-1-7-13(15-11)16(8-3-9-17)12-5-2-6-12/h1,4,7,12,17H,2-3,5-6,8-9H2. The van der Waals surface area contributed by atoms with Crippen molar-refractivity contribution in [3.63, 3.8) is 0 Å². The van der Waals surface area contributed by atoms with Crippen molar-refractivity contribution in [2.45, 2.75) is 31.7 Å². The van der Waals surface area contributed by atoms with Gasteiger partial charge in [-0.25, -0.2) is 4.98 Å². The Morgan fingerprint density at radius 1 is 1.47 bits per heavy atom. The van der Waals surface area contributed by atoms with Gasteiger partial charge in [0.05, 0.1) is 0 Å². The van der Waals surface area contributed by atoms with Crippen molar-refractivity contribution in [2.24, 2.45) is 0 Å². The number of hydrogen-bond donors (Lipinski definition) is 1. The molecular weight excluding hydrogens is 214 g/mol. The van der Waals surface area contributed by atoms with Crippen LogP contribution in [-0.2, 0) is 0 Å². The van der Waals surface area contributed by atoms with Crippen LogP contribution in [0.3, 0.4) is 0 Å². The van der Waals surface area contributed by atoms with Gasteiger partial charge < -0.3 is 10.0 Å². The zero-order valence-electron chi connectivity index (χ0n) is 9.84. The summed E-state index contributed by atoms with van der Waals surface area (Å²) in [7, 11) is 0. The topological polar surface area (TPSA) is 60.2 Å². The van der Waals surface area contributed by atoms with Crippen molar-refractivity contribution >= 4 is 5.82 Å². The van der Waals surface area contributed by atoms with E-state index in [-0.39, 0.29) is 6.61 Å². The van der Waals surface area contributed by atoms with Gasteiger partial charge in [0, 0.05) is 19.2 Å². The monoisotopic (exact) mass is 231 g/mol. The molecule has 0 saturated heterocycles. The summed E-state index contributed by atoms with van der Waals surface area (Å²) in [5.74, 6) is 0.863. The van der Waals surface area contributed by atoms with E-state index >= 15 is 0 Å². The smallest absolute Gasteiger partial charge is 0.142 e. The van der Waals surface area contributed by atoms with Gasteiger partial charge >= 0.3 is 0 Å². The molecule has 0 unspecified atom stereocenters. The highest BCUT2D eigenvalue weighted by Gasteiger charge is 2.25. The van der Waals surface area contributed by atoms with E-state index in [9.17, 15) is 0 Å². The van der Waals surface area contributed by atoms with Crippen LogP contribution in [0.15, 0.2) is 18.2 Å². The summed E-state index contributed by atoms with van der Waals surface area (Å²) in [6.45, 7) is 1.00. The Bertz CT molecular complexity index is 409. The molecule has 1 heterocycles. The summed E-state index contributed by atoms with van der Waals surface area (Å²) in [6, 6.07) is 8.12. The van der Waals surface area contributed by atoms with Gasteiger partial charge in [-0.15, -0.1) is 0 Å². The summed E-state index contributed by atoms with van der Waals surface area (Å²) in [5, 5.41) is 17.8. The van der Waals surface area contributed by atoms with E-state index in [1.807, 2.05) is 12.1 Å². The highest BCUT2D eigenvalue weighted by Crippen LogP contribution is 2.28. The maximum atomic E-state index is 8.94. The Kier molecular flexibility index (Phi) is 3.94. The lowest BCUT2D eigenvalue weighted by Gasteiger charge is -2.38. The quantitative estimate of drug-likeness (QED) is 0.837. The second-order valence-electron chi connectivity index (χ2n) is 4.35. The van der Waals surface area contributed by atoms with E-state index in [1.165, 1.54) is 19.3 Å². The van der Waals surface area contributed by atoms with Crippen LogP contribution < -0.4 is 4.90 Å². The third-order valence-electron chi connectivity index (χ3n) is 3.22. The SMILES string of the molecule is N#Cc1cccc(N(CCCO)C2CCC2)n1. The molecule has 1 aromatic heterocycles. The van der Waals surface area contributed by atoms with Crippen molar-refractivity contribution in [1.82, 2.24) is 4.98 Å². The van der Waals surface area contributed by atoms with Crippen LogP contribution in [0, 0.1) is 11.3 Å². The summed E-state index contributed by atoms with van der Waals surface area (Å²) >= 11 is 0. The minimum atomic E-state index is 0.196. The van der Waals surface area contributed by atoms with E-state index in [0.29, 0.717) is 11.7 Å². The lowest BCUT2D eigenvalue weighted by atomic mass is 9.91. The molecule has 0 atom stereocenters. The van der Waals surface area contributed by atoms with Gasteiger partial charge in [0.1, 0.15) is 17.6 Å². The molecule has 1 fully saturated rings. The lowest BCUT2D eigenvalue weighted by molar-refractivity contribution is 0.282. The average molecular weight is 231 g/mol. The number of nitrogens with zero attached hydrogens (tertiary/aromatic N) is 3.